The molecule has 7 heavy (non-hydrogen) atoms. The molecule has 7 heteroatoms. The Morgan fingerprint density at radius 3 is 1.29 bits per heavy atom. The normalized spacial score (nSPS) is 9.43. The van der Waals surface area contributed by atoms with E-state index in [9.17, 15) is 0 Å². The summed E-state index contributed by atoms with van der Waals surface area (Å²) >= 11 is 0.875. The molecule has 0 aliphatic carbocycles. The van der Waals surface area contributed by atoms with E-state index in [0.717, 1.165) is 45.4 Å². The first-order valence-corrected chi connectivity index (χ1v) is 10.4. The fourth-order valence-corrected chi connectivity index (χ4v) is 0. The summed E-state index contributed by atoms with van der Waals surface area (Å²) in [6.07, 6.45) is 0. The molecule has 0 aliphatic rings. The zero-order chi connectivity index (χ0) is 6.50. The summed E-state index contributed by atoms with van der Waals surface area (Å²) in [6.45, 7) is 3.12. The van der Waals surface area contributed by atoms with Crippen LogP contribution in [0.5, 0.6) is 0 Å². The predicted molar refractivity (Wildman–Crippen MR) is 28.9 cm³/mol. The van der Waals surface area contributed by atoms with Crippen molar-refractivity contribution >= 4 is 59.8 Å². The molecule has 0 aromatic rings. The van der Waals surface area contributed by atoms with Gasteiger partial charge in [0.25, 0.3) is 0 Å². The molecular weight excluding hydrogens is 214 g/mol. The van der Waals surface area contributed by atoms with Crippen LogP contribution in [-0.2, 0) is 4.57 Å². The first-order chi connectivity index (χ1) is 3.00. The number of halogens is 1. The molecule has 3 N–H and O–H groups in total. The summed E-state index contributed by atoms with van der Waals surface area (Å²) in [6, 6.07) is 0. The third-order valence-electron chi connectivity index (χ3n) is 0. The summed E-state index contributed by atoms with van der Waals surface area (Å²) < 4.78 is 8.88. The molecule has 40 valence electrons. The maximum absolute atomic E-state index is 8.88. The standard InChI is InChI=1S/BrH.K.H3O4P/c;;1-5(2,3)4/h1H;;(H3,1,2,3,4)/q;+1;/p-1. The van der Waals surface area contributed by atoms with Crippen molar-refractivity contribution in [3.63, 3.8) is 0 Å². The number of hydrogen-bond acceptors (Lipinski definition) is 1. The number of hydrogen-bond donors (Lipinski definition) is 3. The van der Waals surface area contributed by atoms with Gasteiger partial charge in [-0.25, -0.2) is 4.57 Å². The Morgan fingerprint density at radius 2 is 1.29 bits per heavy atom. The van der Waals surface area contributed by atoms with E-state index < -0.39 is 7.82 Å². The Balaban J connectivity index is 0. The Kier molecular flexibility index (Phi) is 10.8. The Morgan fingerprint density at radius 1 is 1.29 bits per heavy atom. The van der Waals surface area contributed by atoms with Gasteiger partial charge in [0, 0.05) is 0 Å². The van der Waals surface area contributed by atoms with Crippen molar-refractivity contribution in [2.45, 2.75) is 0 Å². The predicted octanol–water partition coefficient (Wildman–Crippen LogP) is -0.464. The van der Waals surface area contributed by atoms with Crippen LogP contribution >= 0.6 is 14.4 Å². The van der Waals surface area contributed by atoms with Gasteiger partial charge in [-0.1, -0.05) is 0 Å². The van der Waals surface area contributed by atoms with Crippen molar-refractivity contribution in [2.24, 2.45) is 0 Å². The van der Waals surface area contributed by atoms with Crippen LogP contribution in [0.1, 0.15) is 0 Å². The minimum absolute atomic E-state index is 0.875. The zero-order valence-electron chi connectivity index (χ0n) is 3.58. The van der Waals surface area contributed by atoms with E-state index >= 15 is 0 Å². The molecular formula is H3BrKO4P. The van der Waals surface area contributed by atoms with Crippen LogP contribution in [0.2, 0.25) is 0 Å². The van der Waals surface area contributed by atoms with Gasteiger partial charge in [0.2, 0.25) is 0 Å². The van der Waals surface area contributed by atoms with Gasteiger partial charge in [-0.2, -0.15) is 0 Å². The molecule has 0 saturated carbocycles. The summed E-state index contributed by atoms with van der Waals surface area (Å²) in [7, 11) is -4.64. The fraction of sp³-hybridized carbons (Fsp3) is 0. The SMILES string of the molecule is O=P(O)(O)O.[K][Br]. The van der Waals surface area contributed by atoms with Gasteiger partial charge >= 0.3 is 59.8 Å². The molecule has 4 nitrogen and oxygen atoms in total. The van der Waals surface area contributed by atoms with Crippen LogP contribution in [0.3, 0.4) is 0 Å². The van der Waals surface area contributed by atoms with Gasteiger partial charge in [0.05, 0.1) is 0 Å². The van der Waals surface area contributed by atoms with E-state index in [2.05, 4.69) is 6.60 Å². The monoisotopic (exact) mass is 216 g/mol. The average molecular weight is 217 g/mol. The Bertz CT molecular complexity index is 57.8. The molecule has 0 rings (SSSR count). The molecule has 0 unspecified atom stereocenters. The van der Waals surface area contributed by atoms with Crippen molar-refractivity contribution in [3.8, 4) is 0 Å². The fourth-order valence-electron chi connectivity index (χ4n) is 0. The molecule has 0 heterocycles. The van der Waals surface area contributed by atoms with Crippen molar-refractivity contribution in [2.75, 3.05) is 0 Å². The molecule has 0 aliphatic heterocycles. The van der Waals surface area contributed by atoms with E-state index in [4.69, 9.17) is 19.2 Å². The topological polar surface area (TPSA) is 77.8 Å². The number of rotatable bonds is 0. The Labute approximate surface area is 77.4 Å². The van der Waals surface area contributed by atoms with E-state index in [0.29, 0.717) is 0 Å². The van der Waals surface area contributed by atoms with Gasteiger partial charge < -0.3 is 14.7 Å². The summed E-state index contributed by atoms with van der Waals surface area (Å²) in [4.78, 5) is 21.6. The maximum atomic E-state index is 8.88. The Hall–Kier alpha value is 2.23. The molecule has 0 radical (unpaired) electrons. The van der Waals surface area contributed by atoms with E-state index in [-0.39, 0.29) is 0 Å². The van der Waals surface area contributed by atoms with Crippen molar-refractivity contribution in [1.29, 1.82) is 0 Å². The second-order valence-corrected chi connectivity index (χ2v) is 1.54. The molecule has 0 aromatic heterocycles. The molecule has 0 saturated heterocycles. The quantitative estimate of drug-likeness (QED) is 0.379. The third kappa shape index (κ3) is 64.3. The van der Waals surface area contributed by atoms with Crippen LogP contribution in [0.15, 0.2) is 0 Å². The van der Waals surface area contributed by atoms with Gasteiger partial charge in [-0.15, -0.1) is 0 Å². The van der Waals surface area contributed by atoms with E-state index in [1.807, 2.05) is 0 Å². The van der Waals surface area contributed by atoms with Crippen LogP contribution in [0.25, 0.3) is 0 Å². The van der Waals surface area contributed by atoms with Gasteiger partial charge in [-0.3, -0.25) is 0 Å². The van der Waals surface area contributed by atoms with Crippen molar-refractivity contribution < 1.29 is 19.2 Å². The van der Waals surface area contributed by atoms with Crippen molar-refractivity contribution in [3.05, 3.63) is 0 Å². The van der Waals surface area contributed by atoms with Gasteiger partial charge in [0.1, 0.15) is 0 Å². The zero-order valence-corrected chi connectivity index (χ0v) is 9.18. The van der Waals surface area contributed by atoms with Crippen LogP contribution in [-0.4, -0.2) is 60.1 Å². The molecule has 0 amide bonds. The molecule has 0 fully saturated rings. The summed E-state index contributed by atoms with van der Waals surface area (Å²) in [5.41, 5.74) is 0. The van der Waals surface area contributed by atoms with Gasteiger partial charge in [0.15, 0.2) is 0 Å². The van der Waals surface area contributed by atoms with Gasteiger partial charge in [-0.05, 0) is 0 Å². The van der Waals surface area contributed by atoms with Crippen LogP contribution in [0, 0.1) is 0 Å². The molecule has 0 bridgehead atoms. The van der Waals surface area contributed by atoms with E-state index in [1.165, 1.54) is 0 Å². The van der Waals surface area contributed by atoms with Crippen LogP contribution in [0.4, 0.5) is 0 Å². The molecule has 0 spiro atoms. The first kappa shape index (κ1) is 12.0. The van der Waals surface area contributed by atoms with Crippen LogP contribution < -0.4 is 0 Å². The average Bonchev–Trinajstić information content (AvgIpc) is 1.36. The minimum atomic E-state index is -4.64. The summed E-state index contributed by atoms with van der Waals surface area (Å²) in [5, 5.41) is 0. The second kappa shape index (κ2) is 6.35. The molecule has 0 atom stereocenters. The van der Waals surface area contributed by atoms with E-state index in [1.54, 1.807) is 0 Å². The number of phosphoric acid groups is 1. The second-order valence-electron chi connectivity index (χ2n) is 0.513. The first-order valence-electron chi connectivity index (χ1n) is 1.16. The summed E-state index contributed by atoms with van der Waals surface area (Å²) in [5.74, 6) is 0. The third-order valence-corrected chi connectivity index (χ3v) is 0. The molecule has 0 aromatic carbocycles. The van der Waals surface area contributed by atoms with Crippen molar-refractivity contribution in [1.82, 2.24) is 0 Å².